The number of sulfonamides is 1. The van der Waals surface area contributed by atoms with Crippen LogP contribution in [0.25, 0.3) is 10.9 Å². The molecule has 1 unspecified atom stereocenters. The number of hydrogen-bond acceptors (Lipinski definition) is 4. The minimum atomic E-state index is -5.44. The minimum Gasteiger partial charge on any atom is -0.334 e. The van der Waals surface area contributed by atoms with Crippen molar-refractivity contribution in [2.75, 3.05) is 13.1 Å². The van der Waals surface area contributed by atoms with E-state index in [1.807, 2.05) is 0 Å². The second kappa shape index (κ2) is 7.36. The van der Waals surface area contributed by atoms with E-state index in [0.717, 1.165) is 4.47 Å². The Hall–Kier alpha value is -1.72. The average molecular weight is 466 g/mol. The fourth-order valence-corrected chi connectivity index (χ4v) is 3.99. The van der Waals surface area contributed by atoms with E-state index in [-0.39, 0.29) is 5.91 Å². The zero-order chi connectivity index (χ0) is 19.8. The average Bonchev–Trinajstić information content (AvgIpc) is 3.06. The molecule has 1 atom stereocenters. The van der Waals surface area contributed by atoms with Gasteiger partial charge in [0, 0.05) is 35.2 Å². The van der Waals surface area contributed by atoms with Crippen LogP contribution in [0.2, 0.25) is 0 Å². The lowest BCUT2D eigenvalue weighted by Crippen LogP contribution is -2.46. The van der Waals surface area contributed by atoms with Crippen molar-refractivity contribution in [2.45, 2.75) is 24.4 Å². The molecule has 0 spiro atoms. The number of nitrogens with one attached hydrogen (secondary N) is 1. The predicted octanol–water partition coefficient (Wildman–Crippen LogP) is 3.04. The molecule has 1 aliphatic heterocycles. The summed E-state index contributed by atoms with van der Waals surface area (Å²) in [5.41, 5.74) is -4.41. The Bertz CT molecular complexity index is 982. The monoisotopic (exact) mass is 465 g/mol. The third-order valence-corrected chi connectivity index (χ3v) is 6.04. The number of carbonyl (C=O) groups excluding carboxylic acids is 1. The molecule has 6 nitrogen and oxygen atoms in total. The molecule has 1 aliphatic rings. The molecule has 1 amide bonds. The van der Waals surface area contributed by atoms with Gasteiger partial charge in [-0.2, -0.15) is 13.2 Å². The number of hydrogen-bond donors (Lipinski definition) is 1. The minimum absolute atomic E-state index is 0.345. The van der Waals surface area contributed by atoms with Crippen LogP contribution in [-0.2, 0) is 10.0 Å². The summed E-state index contributed by atoms with van der Waals surface area (Å²) in [7, 11) is -5.44. The Kier molecular flexibility index (Phi) is 5.46. The van der Waals surface area contributed by atoms with Crippen molar-refractivity contribution in [3.63, 3.8) is 0 Å². The van der Waals surface area contributed by atoms with Gasteiger partial charge in [-0.25, -0.2) is 13.1 Å². The maximum absolute atomic E-state index is 13.0. The van der Waals surface area contributed by atoms with Crippen LogP contribution in [-0.4, -0.2) is 48.8 Å². The number of carbonyl (C=O) groups is 1. The van der Waals surface area contributed by atoms with Gasteiger partial charge in [0.15, 0.2) is 0 Å². The van der Waals surface area contributed by atoms with Crippen LogP contribution in [0.3, 0.4) is 0 Å². The van der Waals surface area contributed by atoms with Crippen molar-refractivity contribution in [3.8, 4) is 0 Å². The topological polar surface area (TPSA) is 79.4 Å². The van der Waals surface area contributed by atoms with E-state index < -0.39 is 28.1 Å². The number of halogens is 4. The van der Waals surface area contributed by atoms with Crippen LogP contribution >= 0.6 is 15.9 Å². The number of benzene rings is 1. The first-order chi connectivity index (χ1) is 12.6. The Morgan fingerprint density at radius 1 is 1.33 bits per heavy atom. The van der Waals surface area contributed by atoms with Gasteiger partial charge in [-0.15, -0.1) is 0 Å². The van der Waals surface area contributed by atoms with Crippen molar-refractivity contribution >= 4 is 42.8 Å². The quantitative estimate of drug-likeness (QED) is 0.752. The zero-order valence-electron chi connectivity index (χ0n) is 13.8. The van der Waals surface area contributed by atoms with E-state index >= 15 is 0 Å². The normalized spacial score (nSPS) is 18.2. The number of alkyl halides is 3. The zero-order valence-corrected chi connectivity index (χ0v) is 16.2. The fraction of sp³-hybridized carbons (Fsp3) is 0.375. The van der Waals surface area contributed by atoms with Gasteiger partial charge in [0.25, 0.3) is 5.91 Å². The molecular weight excluding hydrogens is 451 g/mol. The van der Waals surface area contributed by atoms with Gasteiger partial charge >= 0.3 is 15.5 Å². The van der Waals surface area contributed by atoms with E-state index in [1.54, 1.807) is 29.0 Å². The molecule has 1 aromatic heterocycles. The molecule has 1 aromatic carbocycles. The lowest BCUT2D eigenvalue weighted by atomic mass is 10.1. The van der Waals surface area contributed by atoms with E-state index in [1.165, 1.54) is 11.1 Å². The SMILES string of the molecule is O=C(c1ccnc2cc(Br)ccc12)N1CCCC1CNS(=O)(=O)C(F)(F)F. The second-order valence-corrected chi connectivity index (χ2v) is 8.79. The van der Waals surface area contributed by atoms with Gasteiger partial charge in [-0.1, -0.05) is 22.0 Å². The van der Waals surface area contributed by atoms with Crippen molar-refractivity contribution < 1.29 is 26.4 Å². The fourth-order valence-electron chi connectivity index (χ4n) is 3.07. The Labute approximate surface area is 161 Å². The summed E-state index contributed by atoms with van der Waals surface area (Å²) >= 11 is 3.33. The lowest BCUT2D eigenvalue weighted by molar-refractivity contribution is -0.0448. The molecule has 0 aliphatic carbocycles. The number of fused-ring (bicyclic) bond motifs is 1. The number of rotatable bonds is 4. The van der Waals surface area contributed by atoms with E-state index in [9.17, 15) is 26.4 Å². The molecule has 1 N–H and O–H groups in total. The summed E-state index contributed by atoms with van der Waals surface area (Å²) in [6.45, 7) is -0.139. The van der Waals surface area contributed by atoms with Crippen LogP contribution < -0.4 is 4.72 Å². The molecule has 0 radical (unpaired) electrons. The summed E-state index contributed by atoms with van der Waals surface area (Å²) in [4.78, 5) is 18.6. The Morgan fingerprint density at radius 3 is 2.78 bits per heavy atom. The van der Waals surface area contributed by atoms with Gasteiger partial charge in [0.2, 0.25) is 0 Å². The molecule has 11 heteroatoms. The maximum Gasteiger partial charge on any atom is 0.511 e. The number of aromatic nitrogens is 1. The van der Waals surface area contributed by atoms with Gasteiger partial charge in [0.05, 0.1) is 11.1 Å². The molecule has 1 saturated heterocycles. The van der Waals surface area contributed by atoms with Gasteiger partial charge in [0.1, 0.15) is 0 Å². The van der Waals surface area contributed by atoms with Gasteiger partial charge in [-0.3, -0.25) is 9.78 Å². The summed E-state index contributed by atoms with van der Waals surface area (Å²) < 4.78 is 62.3. The highest BCUT2D eigenvalue weighted by molar-refractivity contribution is 9.10. The third kappa shape index (κ3) is 4.09. The van der Waals surface area contributed by atoms with Gasteiger partial charge < -0.3 is 4.90 Å². The molecule has 2 aromatic rings. The van der Waals surface area contributed by atoms with Crippen LogP contribution in [0.4, 0.5) is 13.2 Å². The molecule has 2 heterocycles. The molecular formula is C16H15BrF3N3O3S. The van der Waals surface area contributed by atoms with E-state index in [0.29, 0.717) is 35.9 Å². The van der Waals surface area contributed by atoms with Crippen LogP contribution in [0.5, 0.6) is 0 Å². The smallest absolute Gasteiger partial charge is 0.334 e. The molecule has 3 rings (SSSR count). The molecule has 146 valence electrons. The lowest BCUT2D eigenvalue weighted by Gasteiger charge is -2.25. The van der Waals surface area contributed by atoms with Gasteiger partial charge in [-0.05, 0) is 31.0 Å². The summed E-state index contributed by atoms with van der Waals surface area (Å²) in [6.07, 6.45) is 2.48. The molecule has 0 bridgehead atoms. The third-order valence-electron chi connectivity index (χ3n) is 4.39. The highest BCUT2D eigenvalue weighted by Gasteiger charge is 2.46. The molecule has 27 heavy (non-hydrogen) atoms. The standard InChI is InChI=1S/C16H15BrF3N3O3S/c17-10-3-4-12-13(5-6-21-14(12)8-10)15(24)23-7-1-2-11(23)9-22-27(25,26)16(18,19)20/h3-6,8,11,22H,1-2,7,9H2. The number of amides is 1. The Morgan fingerprint density at radius 2 is 2.07 bits per heavy atom. The maximum atomic E-state index is 13.0. The van der Waals surface area contributed by atoms with Crippen molar-refractivity contribution in [1.29, 1.82) is 0 Å². The number of likely N-dealkylation sites (tertiary alicyclic amines) is 1. The first-order valence-electron chi connectivity index (χ1n) is 8.01. The van der Waals surface area contributed by atoms with Crippen molar-refractivity contribution in [2.24, 2.45) is 0 Å². The van der Waals surface area contributed by atoms with Crippen molar-refractivity contribution in [1.82, 2.24) is 14.6 Å². The largest absolute Gasteiger partial charge is 0.511 e. The Balaban J connectivity index is 1.82. The molecule has 0 saturated carbocycles. The van der Waals surface area contributed by atoms with E-state index in [4.69, 9.17) is 0 Å². The first-order valence-corrected chi connectivity index (χ1v) is 10.3. The highest BCUT2D eigenvalue weighted by Crippen LogP contribution is 2.26. The van der Waals surface area contributed by atoms with Crippen LogP contribution in [0.1, 0.15) is 23.2 Å². The first kappa shape index (κ1) is 20.0. The van der Waals surface area contributed by atoms with Crippen LogP contribution in [0, 0.1) is 0 Å². The molecule has 1 fully saturated rings. The van der Waals surface area contributed by atoms with Crippen molar-refractivity contribution in [3.05, 3.63) is 40.5 Å². The van der Waals surface area contributed by atoms with Crippen LogP contribution in [0.15, 0.2) is 34.9 Å². The number of nitrogens with zero attached hydrogens (tertiary/aromatic N) is 2. The number of pyridine rings is 1. The highest BCUT2D eigenvalue weighted by atomic mass is 79.9. The second-order valence-electron chi connectivity index (χ2n) is 6.11. The van der Waals surface area contributed by atoms with E-state index in [2.05, 4.69) is 20.9 Å². The summed E-state index contributed by atoms with van der Waals surface area (Å²) in [5, 5.41) is 0.618. The predicted molar refractivity (Wildman–Crippen MR) is 96.5 cm³/mol. The summed E-state index contributed by atoms with van der Waals surface area (Å²) in [5.74, 6) is -0.363. The summed E-state index contributed by atoms with van der Waals surface area (Å²) in [6, 6.07) is 6.16.